The number of benzene rings is 2. The van der Waals surface area contributed by atoms with Crippen LogP contribution in [0.1, 0.15) is 5.56 Å². The molecule has 28 heavy (non-hydrogen) atoms. The van der Waals surface area contributed by atoms with Crippen LogP contribution in [0.4, 0.5) is 4.39 Å². The molecule has 1 N–H and O–H groups in total. The molecule has 0 saturated carbocycles. The second-order valence-electron chi connectivity index (χ2n) is 5.67. The molecular formula is C20H22FNO5S. The number of ether oxygens (including phenoxy) is 3. The molecule has 0 radical (unpaired) electrons. The van der Waals surface area contributed by atoms with Crippen LogP contribution >= 0.6 is 11.8 Å². The van der Waals surface area contributed by atoms with E-state index in [-0.39, 0.29) is 12.4 Å². The topological polar surface area (TPSA) is 73.9 Å². The molecule has 0 aliphatic carbocycles. The zero-order valence-electron chi connectivity index (χ0n) is 15.7. The summed E-state index contributed by atoms with van der Waals surface area (Å²) in [5.41, 5.74) is 0.969. The molecule has 2 aromatic carbocycles. The summed E-state index contributed by atoms with van der Waals surface area (Å²) in [6.45, 7) is 0.0123. The van der Waals surface area contributed by atoms with Gasteiger partial charge in [-0.3, -0.25) is 9.59 Å². The van der Waals surface area contributed by atoms with Gasteiger partial charge in [0.1, 0.15) is 5.82 Å². The minimum atomic E-state index is -0.580. The zero-order valence-corrected chi connectivity index (χ0v) is 16.5. The third kappa shape index (κ3) is 6.77. The molecule has 0 unspecified atom stereocenters. The molecule has 6 nitrogen and oxygen atoms in total. The molecule has 0 aromatic heterocycles. The molecule has 1 amide bonds. The van der Waals surface area contributed by atoms with Gasteiger partial charge in [0.2, 0.25) is 0 Å². The average Bonchev–Trinajstić information content (AvgIpc) is 2.71. The van der Waals surface area contributed by atoms with E-state index in [1.807, 2.05) is 12.1 Å². The molecule has 0 saturated heterocycles. The van der Waals surface area contributed by atoms with Crippen molar-refractivity contribution in [3.63, 3.8) is 0 Å². The van der Waals surface area contributed by atoms with Crippen LogP contribution in [-0.4, -0.2) is 45.0 Å². The van der Waals surface area contributed by atoms with Crippen molar-refractivity contribution in [3.8, 4) is 11.5 Å². The summed E-state index contributed by atoms with van der Waals surface area (Å²) in [6, 6.07) is 11.7. The van der Waals surface area contributed by atoms with E-state index in [0.717, 1.165) is 17.3 Å². The number of nitrogens with one attached hydrogen (secondary N) is 1. The largest absolute Gasteiger partial charge is 0.493 e. The Morgan fingerprint density at radius 1 is 1.07 bits per heavy atom. The molecule has 0 aliphatic rings. The van der Waals surface area contributed by atoms with Crippen molar-refractivity contribution in [2.75, 3.05) is 33.1 Å². The Labute approximate surface area is 167 Å². The van der Waals surface area contributed by atoms with Crippen molar-refractivity contribution in [2.45, 2.75) is 11.3 Å². The van der Waals surface area contributed by atoms with Crippen molar-refractivity contribution < 1.29 is 28.2 Å². The molecule has 0 spiro atoms. The lowest BCUT2D eigenvalue weighted by atomic mass is 10.1. The van der Waals surface area contributed by atoms with E-state index in [9.17, 15) is 14.0 Å². The second kappa shape index (κ2) is 11.2. The van der Waals surface area contributed by atoms with Gasteiger partial charge in [-0.25, -0.2) is 4.39 Å². The molecule has 0 heterocycles. The van der Waals surface area contributed by atoms with Crippen LogP contribution in [0.3, 0.4) is 0 Å². The SMILES string of the molecule is COc1ccc(CCNC(=O)COC(=O)CSc2ccccc2F)cc1OC. The highest BCUT2D eigenvalue weighted by Crippen LogP contribution is 2.27. The van der Waals surface area contributed by atoms with Crippen LogP contribution in [0.5, 0.6) is 11.5 Å². The highest BCUT2D eigenvalue weighted by atomic mass is 32.2. The predicted octanol–water partition coefficient (Wildman–Crippen LogP) is 2.84. The summed E-state index contributed by atoms with van der Waals surface area (Å²) >= 11 is 1.03. The molecule has 0 aliphatic heterocycles. The second-order valence-corrected chi connectivity index (χ2v) is 6.69. The number of hydrogen-bond acceptors (Lipinski definition) is 6. The third-order valence-electron chi connectivity index (χ3n) is 3.73. The number of carbonyl (C=O) groups is 2. The Morgan fingerprint density at radius 3 is 2.54 bits per heavy atom. The van der Waals surface area contributed by atoms with Gasteiger partial charge in [-0.2, -0.15) is 0 Å². The fourth-order valence-electron chi connectivity index (χ4n) is 2.32. The van der Waals surface area contributed by atoms with E-state index in [0.29, 0.717) is 29.4 Å². The number of halogens is 1. The van der Waals surface area contributed by atoms with Crippen molar-refractivity contribution in [3.05, 3.63) is 53.8 Å². The standard InChI is InChI=1S/C20H22FNO5S/c1-25-16-8-7-14(11-17(16)26-2)9-10-22-19(23)12-27-20(24)13-28-18-6-4-3-5-15(18)21/h3-8,11H,9-10,12-13H2,1-2H3,(H,22,23). The van der Waals surface area contributed by atoms with Gasteiger partial charge in [0.25, 0.3) is 5.91 Å². The monoisotopic (exact) mass is 407 g/mol. The summed E-state index contributed by atoms with van der Waals surface area (Å²) in [4.78, 5) is 23.8. The number of methoxy groups -OCH3 is 2. The molecule has 0 bridgehead atoms. The maximum Gasteiger partial charge on any atom is 0.316 e. The Balaban J connectivity index is 1.67. The summed E-state index contributed by atoms with van der Waals surface area (Å²) in [7, 11) is 3.12. The van der Waals surface area contributed by atoms with Crippen LogP contribution in [-0.2, 0) is 20.7 Å². The maximum atomic E-state index is 13.5. The van der Waals surface area contributed by atoms with Gasteiger partial charge in [-0.1, -0.05) is 18.2 Å². The first-order valence-corrected chi connectivity index (χ1v) is 9.52. The van der Waals surface area contributed by atoms with Crippen molar-refractivity contribution >= 4 is 23.6 Å². The molecule has 0 atom stereocenters. The Kier molecular flexibility index (Phi) is 8.61. The van der Waals surface area contributed by atoms with Crippen LogP contribution in [0.2, 0.25) is 0 Å². The minimum Gasteiger partial charge on any atom is -0.493 e. The molecule has 2 aromatic rings. The number of rotatable bonds is 10. The molecule has 150 valence electrons. The lowest BCUT2D eigenvalue weighted by Gasteiger charge is -2.10. The van der Waals surface area contributed by atoms with Gasteiger partial charge in [-0.05, 0) is 36.2 Å². The van der Waals surface area contributed by atoms with Gasteiger partial charge in [0, 0.05) is 11.4 Å². The van der Waals surface area contributed by atoms with Gasteiger partial charge in [0.15, 0.2) is 18.1 Å². The number of carbonyl (C=O) groups excluding carboxylic acids is 2. The quantitative estimate of drug-likeness (QED) is 0.482. The van der Waals surface area contributed by atoms with Gasteiger partial charge >= 0.3 is 5.97 Å². The number of hydrogen-bond donors (Lipinski definition) is 1. The fraction of sp³-hybridized carbons (Fsp3) is 0.300. The van der Waals surface area contributed by atoms with Gasteiger partial charge < -0.3 is 19.5 Å². The molecule has 2 rings (SSSR count). The summed E-state index contributed by atoms with van der Waals surface area (Å²) in [5.74, 6) is -0.191. The van der Waals surface area contributed by atoms with Gasteiger partial charge in [-0.15, -0.1) is 11.8 Å². The highest BCUT2D eigenvalue weighted by Gasteiger charge is 2.10. The highest BCUT2D eigenvalue weighted by molar-refractivity contribution is 8.00. The number of amides is 1. The normalized spacial score (nSPS) is 10.2. The lowest BCUT2D eigenvalue weighted by Crippen LogP contribution is -2.30. The van der Waals surface area contributed by atoms with Crippen molar-refractivity contribution in [1.82, 2.24) is 5.32 Å². The average molecular weight is 407 g/mol. The van der Waals surface area contributed by atoms with Crippen molar-refractivity contribution in [1.29, 1.82) is 0 Å². The van der Waals surface area contributed by atoms with E-state index >= 15 is 0 Å². The predicted molar refractivity (Wildman–Crippen MR) is 104 cm³/mol. The van der Waals surface area contributed by atoms with Crippen LogP contribution < -0.4 is 14.8 Å². The van der Waals surface area contributed by atoms with E-state index in [2.05, 4.69) is 5.32 Å². The first-order valence-electron chi connectivity index (χ1n) is 8.54. The Bertz CT molecular complexity index is 815. The molecule has 8 heteroatoms. The van der Waals surface area contributed by atoms with Gasteiger partial charge in [0.05, 0.1) is 20.0 Å². The molecule has 0 fully saturated rings. The smallest absolute Gasteiger partial charge is 0.316 e. The number of esters is 1. The summed E-state index contributed by atoms with van der Waals surface area (Å²) in [6.07, 6.45) is 0.586. The first kappa shape index (κ1) is 21.6. The first-order chi connectivity index (χ1) is 13.5. The maximum absolute atomic E-state index is 13.5. The van der Waals surface area contributed by atoms with E-state index in [4.69, 9.17) is 14.2 Å². The summed E-state index contributed by atoms with van der Waals surface area (Å²) in [5, 5.41) is 2.68. The third-order valence-corrected chi connectivity index (χ3v) is 4.75. The molecular weight excluding hydrogens is 385 g/mol. The van der Waals surface area contributed by atoms with E-state index in [1.54, 1.807) is 38.5 Å². The van der Waals surface area contributed by atoms with E-state index in [1.165, 1.54) is 6.07 Å². The minimum absolute atomic E-state index is 0.0696. The lowest BCUT2D eigenvalue weighted by molar-refractivity contribution is -0.145. The number of thioether (sulfide) groups is 1. The van der Waals surface area contributed by atoms with Crippen LogP contribution in [0.25, 0.3) is 0 Å². The van der Waals surface area contributed by atoms with Crippen LogP contribution in [0, 0.1) is 5.82 Å². The fourth-order valence-corrected chi connectivity index (χ4v) is 3.06. The Hall–Kier alpha value is -2.74. The zero-order chi connectivity index (χ0) is 20.4. The summed E-state index contributed by atoms with van der Waals surface area (Å²) < 4.78 is 28.8. The van der Waals surface area contributed by atoms with Crippen LogP contribution in [0.15, 0.2) is 47.4 Å². The van der Waals surface area contributed by atoms with E-state index < -0.39 is 17.7 Å². The van der Waals surface area contributed by atoms with Crippen molar-refractivity contribution in [2.24, 2.45) is 0 Å². The Morgan fingerprint density at radius 2 is 1.82 bits per heavy atom.